The van der Waals surface area contributed by atoms with E-state index in [-0.39, 0.29) is 0 Å². The van der Waals surface area contributed by atoms with Crippen LogP contribution in [0.2, 0.25) is 0 Å². The molecular formula is C21H22N4S. The molecule has 2 aromatic heterocycles. The average molecular weight is 363 g/mol. The van der Waals surface area contributed by atoms with Gasteiger partial charge in [0.25, 0.3) is 0 Å². The molecule has 0 unspecified atom stereocenters. The molecule has 0 atom stereocenters. The molecule has 26 heavy (non-hydrogen) atoms. The lowest BCUT2D eigenvalue weighted by atomic mass is 10.1. The number of pyridine rings is 2. The van der Waals surface area contributed by atoms with Gasteiger partial charge in [-0.05, 0) is 42.2 Å². The number of anilines is 2. The van der Waals surface area contributed by atoms with Crippen LogP contribution in [-0.4, -0.2) is 42.4 Å². The Morgan fingerprint density at radius 2 is 1.46 bits per heavy atom. The van der Waals surface area contributed by atoms with Crippen LogP contribution in [0, 0.1) is 0 Å². The molecule has 0 radical (unpaired) electrons. The van der Waals surface area contributed by atoms with Gasteiger partial charge < -0.3 is 9.80 Å². The highest BCUT2D eigenvalue weighted by atomic mass is 32.2. The number of thioether (sulfide) groups is 1. The fourth-order valence-corrected chi connectivity index (χ4v) is 3.94. The number of hydrogen-bond donors (Lipinski definition) is 0. The fraction of sp³-hybridized carbons (Fsp3) is 0.238. The highest BCUT2D eigenvalue weighted by Gasteiger charge is 2.19. The van der Waals surface area contributed by atoms with Crippen LogP contribution in [0.15, 0.2) is 71.9 Å². The molecule has 0 spiro atoms. The van der Waals surface area contributed by atoms with Crippen LogP contribution < -0.4 is 9.80 Å². The van der Waals surface area contributed by atoms with Gasteiger partial charge in [-0.1, -0.05) is 24.3 Å². The number of aromatic nitrogens is 2. The summed E-state index contributed by atoms with van der Waals surface area (Å²) < 4.78 is 0. The van der Waals surface area contributed by atoms with Crippen molar-refractivity contribution in [1.29, 1.82) is 0 Å². The molecule has 1 aliphatic rings. The molecule has 0 amide bonds. The number of nitrogens with zero attached hydrogens (tertiary/aromatic N) is 4. The van der Waals surface area contributed by atoms with Crippen molar-refractivity contribution in [2.24, 2.45) is 0 Å². The predicted octanol–water partition coefficient (Wildman–Crippen LogP) is 4.19. The van der Waals surface area contributed by atoms with Gasteiger partial charge in [0.1, 0.15) is 11.6 Å². The van der Waals surface area contributed by atoms with Crippen molar-refractivity contribution >= 4 is 23.4 Å². The smallest absolute Gasteiger partial charge is 0.128 e. The minimum atomic E-state index is 0.963. The van der Waals surface area contributed by atoms with E-state index in [9.17, 15) is 0 Å². The molecule has 0 N–H and O–H groups in total. The van der Waals surface area contributed by atoms with E-state index in [0.29, 0.717) is 0 Å². The van der Waals surface area contributed by atoms with Crippen molar-refractivity contribution in [3.05, 3.63) is 67.0 Å². The molecule has 3 aromatic rings. The first-order chi connectivity index (χ1) is 12.8. The van der Waals surface area contributed by atoms with Gasteiger partial charge in [0.15, 0.2) is 0 Å². The number of piperazine rings is 1. The summed E-state index contributed by atoms with van der Waals surface area (Å²) in [7, 11) is 0. The zero-order valence-corrected chi connectivity index (χ0v) is 15.7. The first-order valence-corrected chi connectivity index (χ1v) is 10.1. The minimum Gasteiger partial charge on any atom is -0.353 e. The molecular weight excluding hydrogens is 340 g/mol. The van der Waals surface area contributed by atoms with Gasteiger partial charge >= 0.3 is 0 Å². The standard InChI is InChI=1S/C21H22N4S/c1-26-19-7-3-2-6-18(19)17-9-10-21(23-16-17)25-14-12-24(13-15-25)20-8-4-5-11-22-20/h2-11,16H,12-15H2,1H3. The Morgan fingerprint density at radius 3 is 2.08 bits per heavy atom. The highest BCUT2D eigenvalue weighted by molar-refractivity contribution is 7.98. The third-order valence-electron chi connectivity index (χ3n) is 4.74. The quantitative estimate of drug-likeness (QED) is 0.650. The lowest BCUT2D eigenvalue weighted by Crippen LogP contribution is -2.47. The monoisotopic (exact) mass is 362 g/mol. The van der Waals surface area contributed by atoms with Crippen LogP contribution in [0.4, 0.5) is 11.6 Å². The summed E-state index contributed by atoms with van der Waals surface area (Å²) in [5.74, 6) is 2.11. The van der Waals surface area contributed by atoms with Crippen molar-refractivity contribution in [2.75, 3.05) is 42.2 Å². The maximum absolute atomic E-state index is 4.73. The van der Waals surface area contributed by atoms with Crippen LogP contribution in [0.5, 0.6) is 0 Å². The highest BCUT2D eigenvalue weighted by Crippen LogP contribution is 2.30. The van der Waals surface area contributed by atoms with Gasteiger partial charge in [-0.25, -0.2) is 9.97 Å². The summed E-state index contributed by atoms with van der Waals surface area (Å²) >= 11 is 1.77. The fourth-order valence-electron chi connectivity index (χ4n) is 3.32. The molecule has 0 aliphatic carbocycles. The summed E-state index contributed by atoms with van der Waals surface area (Å²) in [5, 5.41) is 0. The topological polar surface area (TPSA) is 32.3 Å². The number of benzene rings is 1. The van der Waals surface area contributed by atoms with E-state index in [1.54, 1.807) is 11.8 Å². The van der Waals surface area contributed by atoms with Gasteiger partial charge in [0, 0.05) is 49.0 Å². The molecule has 1 saturated heterocycles. The Hall–Kier alpha value is -2.53. The van der Waals surface area contributed by atoms with E-state index in [1.807, 2.05) is 24.5 Å². The lowest BCUT2D eigenvalue weighted by molar-refractivity contribution is 0.642. The van der Waals surface area contributed by atoms with E-state index in [2.05, 4.69) is 63.5 Å². The van der Waals surface area contributed by atoms with E-state index in [4.69, 9.17) is 4.98 Å². The molecule has 3 heterocycles. The van der Waals surface area contributed by atoms with Crippen molar-refractivity contribution in [3.63, 3.8) is 0 Å². The second-order valence-corrected chi connectivity index (χ2v) is 7.12. The lowest BCUT2D eigenvalue weighted by Gasteiger charge is -2.36. The third kappa shape index (κ3) is 3.53. The molecule has 4 nitrogen and oxygen atoms in total. The normalized spacial score (nSPS) is 14.5. The van der Waals surface area contributed by atoms with Crippen molar-refractivity contribution in [3.8, 4) is 11.1 Å². The second-order valence-electron chi connectivity index (χ2n) is 6.27. The SMILES string of the molecule is CSc1ccccc1-c1ccc(N2CCN(c3ccccn3)CC2)nc1. The Labute approximate surface area is 158 Å². The molecule has 5 heteroatoms. The van der Waals surface area contributed by atoms with Crippen molar-refractivity contribution in [2.45, 2.75) is 4.90 Å². The van der Waals surface area contributed by atoms with Crippen LogP contribution in [0.25, 0.3) is 11.1 Å². The Kier molecular flexibility index (Phi) is 5.07. The molecule has 1 fully saturated rings. The number of rotatable bonds is 4. The Morgan fingerprint density at radius 1 is 0.769 bits per heavy atom. The van der Waals surface area contributed by atoms with Crippen LogP contribution in [0.1, 0.15) is 0 Å². The first kappa shape index (κ1) is 16.9. The molecule has 1 aromatic carbocycles. The van der Waals surface area contributed by atoms with Crippen LogP contribution in [-0.2, 0) is 0 Å². The molecule has 4 rings (SSSR count). The van der Waals surface area contributed by atoms with E-state index < -0.39 is 0 Å². The summed E-state index contributed by atoms with van der Waals surface area (Å²) in [6.07, 6.45) is 5.96. The van der Waals surface area contributed by atoms with E-state index in [1.165, 1.54) is 16.0 Å². The zero-order chi connectivity index (χ0) is 17.8. The molecule has 132 valence electrons. The van der Waals surface area contributed by atoms with Crippen molar-refractivity contribution in [1.82, 2.24) is 9.97 Å². The van der Waals surface area contributed by atoms with Gasteiger partial charge in [-0.3, -0.25) is 0 Å². The Balaban J connectivity index is 1.45. The minimum absolute atomic E-state index is 0.963. The second kappa shape index (κ2) is 7.79. The molecule has 1 aliphatic heterocycles. The van der Waals surface area contributed by atoms with Crippen molar-refractivity contribution < 1.29 is 0 Å². The number of hydrogen-bond acceptors (Lipinski definition) is 5. The van der Waals surface area contributed by atoms with Crippen LogP contribution >= 0.6 is 11.8 Å². The average Bonchev–Trinajstić information content (AvgIpc) is 2.74. The largest absolute Gasteiger partial charge is 0.353 e. The van der Waals surface area contributed by atoms with Gasteiger partial charge in [0.2, 0.25) is 0 Å². The zero-order valence-electron chi connectivity index (χ0n) is 14.9. The van der Waals surface area contributed by atoms with Gasteiger partial charge in [-0.15, -0.1) is 11.8 Å². The Bertz CT molecular complexity index is 843. The summed E-state index contributed by atoms with van der Waals surface area (Å²) in [5.41, 5.74) is 2.42. The van der Waals surface area contributed by atoms with E-state index in [0.717, 1.165) is 37.8 Å². The molecule has 0 saturated carbocycles. The van der Waals surface area contributed by atoms with E-state index >= 15 is 0 Å². The molecule has 0 bridgehead atoms. The summed E-state index contributed by atoms with van der Waals surface area (Å²) in [6, 6.07) is 18.9. The van der Waals surface area contributed by atoms with Gasteiger partial charge in [0.05, 0.1) is 0 Å². The summed E-state index contributed by atoms with van der Waals surface area (Å²) in [4.78, 5) is 15.2. The maximum Gasteiger partial charge on any atom is 0.128 e. The van der Waals surface area contributed by atoms with Crippen LogP contribution in [0.3, 0.4) is 0 Å². The first-order valence-electron chi connectivity index (χ1n) is 8.85. The van der Waals surface area contributed by atoms with Gasteiger partial charge in [-0.2, -0.15) is 0 Å². The predicted molar refractivity (Wildman–Crippen MR) is 110 cm³/mol. The maximum atomic E-state index is 4.73. The summed E-state index contributed by atoms with van der Waals surface area (Å²) in [6.45, 7) is 3.86. The third-order valence-corrected chi connectivity index (χ3v) is 5.54.